The fourth-order valence-electron chi connectivity index (χ4n) is 5.24. The Morgan fingerprint density at radius 1 is 1.19 bits per heavy atom. The maximum Gasteiger partial charge on any atom is 0.233 e. The number of aliphatic hydroxyl groups is 1. The zero-order chi connectivity index (χ0) is 22.3. The number of pyridine rings is 1. The smallest absolute Gasteiger partial charge is 0.233 e. The van der Waals surface area contributed by atoms with Crippen molar-refractivity contribution in [2.24, 2.45) is 5.41 Å². The minimum atomic E-state index is -0.632. The maximum atomic E-state index is 13.4. The Balaban J connectivity index is 1.18. The van der Waals surface area contributed by atoms with Gasteiger partial charge in [-0.15, -0.1) is 5.10 Å². The summed E-state index contributed by atoms with van der Waals surface area (Å²) in [5.74, 6) is 0.899. The van der Waals surface area contributed by atoms with E-state index in [9.17, 15) is 9.90 Å². The summed E-state index contributed by atoms with van der Waals surface area (Å²) in [6.45, 7) is 9.21. The molecule has 2 aromatic heterocycles. The van der Waals surface area contributed by atoms with Crippen molar-refractivity contribution in [3.8, 4) is 5.82 Å². The first kappa shape index (κ1) is 21.0. The molecule has 4 heterocycles. The second kappa shape index (κ2) is 8.22. The maximum absolute atomic E-state index is 13.4. The molecule has 3 aliphatic rings. The van der Waals surface area contributed by atoms with Crippen LogP contribution in [0.4, 0.5) is 0 Å². The number of tetrazole rings is 1. The van der Waals surface area contributed by atoms with Gasteiger partial charge in [-0.1, -0.05) is 18.2 Å². The van der Waals surface area contributed by atoms with E-state index in [0.29, 0.717) is 18.3 Å². The number of aromatic nitrogens is 5. The first-order valence-electron chi connectivity index (χ1n) is 11.3. The fraction of sp³-hybridized carbons (Fsp3) is 0.522. The molecular formula is C23H29N7O2. The highest BCUT2D eigenvalue weighted by molar-refractivity contribution is 5.87. The number of hydrogen-bond donors (Lipinski definition) is 1. The zero-order valence-corrected chi connectivity index (χ0v) is 18.4. The van der Waals surface area contributed by atoms with E-state index in [-0.39, 0.29) is 5.41 Å². The Labute approximate surface area is 187 Å². The third-order valence-electron chi connectivity index (χ3n) is 7.45. The van der Waals surface area contributed by atoms with Crippen molar-refractivity contribution in [2.45, 2.75) is 45.1 Å². The lowest BCUT2D eigenvalue weighted by atomic mass is 9.77. The van der Waals surface area contributed by atoms with Crippen molar-refractivity contribution < 1.29 is 9.90 Å². The highest BCUT2D eigenvalue weighted by atomic mass is 16.3. The van der Waals surface area contributed by atoms with Crippen molar-refractivity contribution in [2.75, 3.05) is 26.2 Å². The minimum Gasteiger partial charge on any atom is -0.387 e. The number of piperidine rings is 1. The van der Waals surface area contributed by atoms with E-state index >= 15 is 0 Å². The number of nitrogens with zero attached hydrogens (tertiary/aromatic N) is 7. The Bertz CT molecular complexity index is 1040. The molecule has 1 amide bonds. The van der Waals surface area contributed by atoms with Crippen molar-refractivity contribution in [3.05, 3.63) is 53.6 Å². The molecule has 0 bridgehead atoms. The van der Waals surface area contributed by atoms with Crippen molar-refractivity contribution in [1.29, 1.82) is 0 Å². The molecule has 32 heavy (non-hydrogen) atoms. The number of hydrogen-bond acceptors (Lipinski definition) is 7. The van der Waals surface area contributed by atoms with Gasteiger partial charge in [0.05, 0.1) is 11.5 Å². The molecule has 1 spiro atoms. The normalized spacial score (nSPS) is 22.4. The van der Waals surface area contributed by atoms with Crippen LogP contribution in [0.25, 0.3) is 5.82 Å². The Morgan fingerprint density at radius 2 is 1.97 bits per heavy atom. The summed E-state index contributed by atoms with van der Waals surface area (Å²) in [5, 5.41) is 21.8. The van der Waals surface area contributed by atoms with Gasteiger partial charge >= 0.3 is 0 Å². The van der Waals surface area contributed by atoms with E-state index in [1.54, 1.807) is 12.3 Å². The molecule has 0 saturated carbocycles. The predicted molar refractivity (Wildman–Crippen MR) is 117 cm³/mol. The molecule has 0 unspecified atom stereocenters. The summed E-state index contributed by atoms with van der Waals surface area (Å²) < 4.78 is 1.47. The van der Waals surface area contributed by atoms with Crippen LogP contribution in [0.1, 0.15) is 50.7 Å². The lowest BCUT2D eigenvalue weighted by Gasteiger charge is -2.38. The molecule has 2 saturated heterocycles. The second-order valence-corrected chi connectivity index (χ2v) is 9.18. The topological polar surface area (TPSA) is 100 Å². The summed E-state index contributed by atoms with van der Waals surface area (Å²) in [4.78, 5) is 22.0. The summed E-state index contributed by atoms with van der Waals surface area (Å²) in [7, 11) is 0. The van der Waals surface area contributed by atoms with E-state index in [4.69, 9.17) is 0 Å². The van der Waals surface area contributed by atoms with Crippen LogP contribution in [0.2, 0.25) is 0 Å². The van der Waals surface area contributed by atoms with E-state index in [2.05, 4.69) is 38.9 Å². The van der Waals surface area contributed by atoms with Crippen molar-refractivity contribution >= 4 is 5.91 Å². The molecule has 2 aromatic rings. The molecule has 168 valence electrons. The number of carbonyl (C=O) groups is 1. The van der Waals surface area contributed by atoms with E-state index in [1.165, 1.54) is 22.3 Å². The summed E-state index contributed by atoms with van der Waals surface area (Å²) in [5.41, 5.74) is 4.07. The molecule has 1 atom stereocenters. The highest BCUT2D eigenvalue weighted by Gasteiger charge is 2.49. The van der Waals surface area contributed by atoms with Gasteiger partial charge in [-0.05, 0) is 74.2 Å². The van der Waals surface area contributed by atoms with Crippen molar-refractivity contribution in [1.82, 2.24) is 35.0 Å². The van der Waals surface area contributed by atoms with Crippen LogP contribution in [-0.4, -0.2) is 72.2 Å². The fourth-order valence-corrected chi connectivity index (χ4v) is 5.24. The number of β-amino-alcohol motifs (C(OH)–C–C–N with tert-alkyl or cyclic N) is 1. The van der Waals surface area contributed by atoms with Crippen LogP contribution in [0.15, 0.2) is 48.1 Å². The predicted octanol–water partition coefficient (Wildman–Crippen LogP) is 2.03. The average Bonchev–Trinajstić information content (AvgIpc) is 3.53. The van der Waals surface area contributed by atoms with Crippen LogP contribution in [0.5, 0.6) is 0 Å². The number of carbonyl (C=O) groups excluding carboxylic acids is 1. The van der Waals surface area contributed by atoms with Gasteiger partial charge in [-0.3, -0.25) is 4.79 Å². The molecular weight excluding hydrogens is 406 g/mol. The van der Waals surface area contributed by atoms with Crippen molar-refractivity contribution in [3.63, 3.8) is 0 Å². The van der Waals surface area contributed by atoms with E-state index in [0.717, 1.165) is 62.9 Å². The van der Waals surface area contributed by atoms with Gasteiger partial charge in [0, 0.05) is 30.5 Å². The number of amides is 1. The third kappa shape index (κ3) is 3.65. The molecule has 2 fully saturated rings. The summed E-state index contributed by atoms with van der Waals surface area (Å²) >= 11 is 0. The molecule has 5 rings (SSSR count). The Morgan fingerprint density at radius 3 is 2.59 bits per heavy atom. The summed E-state index contributed by atoms with van der Waals surface area (Å²) in [6, 6.07) is 3.64. The number of allylic oxidation sites excluding steroid dienone is 3. The molecule has 0 aromatic carbocycles. The average molecular weight is 436 g/mol. The first-order chi connectivity index (χ1) is 15.5. The Kier molecular flexibility index (Phi) is 5.38. The van der Waals surface area contributed by atoms with Crippen LogP contribution in [0.3, 0.4) is 0 Å². The summed E-state index contributed by atoms with van der Waals surface area (Å²) in [6.07, 6.45) is 7.03. The number of likely N-dealkylation sites (tertiary alicyclic amines) is 2. The van der Waals surface area contributed by atoms with Gasteiger partial charge in [0.25, 0.3) is 0 Å². The molecule has 1 aliphatic carbocycles. The molecule has 1 N–H and O–H groups in total. The monoisotopic (exact) mass is 435 g/mol. The van der Waals surface area contributed by atoms with Crippen LogP contribution in [0, 0.1) is 5.41 Å². The van der Waals surface area contributed by atoms with Gasteiger partial charge < -0.3 is 14.9 Å². The van der Waals surface area contributed by atoms with Crippen LogP contribution >= 0.6 is 0 Å². The SMILES string of the molecule is C=C1CCC(N2CCC3(CCN(C[C@H](O)c4ccc(-n5cnnn5)nc4)CC3)C2=O)=C1C. The van der Waals surface area contributed by atoms with E-state index in [1.807, 2.05) is 11.0 Å². The molecule has 2 aliphatic heterocycles. The first-order valence-corrected chi connectivity index (χ1v) is 11.3. The van der Waals surface area contributed by atoms with Gasteiger partial charge in [0.15, 0.2) is 5.82 Å². The minimum absolute atomic E-state index is 0.242. The van der Waals surface area contributed by atoms with Crippen LogP contribution in [-0.2, 0) is 4.79 Å². The molecule has 9 heteroatoms. The van der Waals surface area contributed by atoms with Gasteiger partial charge in [-0.2, -0.15) is 4.68 Å². The third-order valence-corrected chi connectivity index (χ3v) is 7.45. The van der Waals surface area contributed by atoms with Gasteiger partial charge in [0.2, 0.25) is 5.91 Å². The Hall–Kier alpha value is -2.91. The molecule has 9 nitrogen and oxygen atoms in total. The second-order valence-electron chi connectivity index (χ2n) is 9.18. The lowest BCUT2D eigenvalue weighted by molar-refractivity contribution is -0.137. The quantitative estimate of drug-likeness (QED) is 0.767. The van der Waals surface area contributed by atoms with Crippen LogP contribution < -0.4 is 0 Å². The van der Waals surface area contributed by atoms with Gasteiger partial charge in [0.1, 0.15) is 6.33 Å². The number of aliphatic hydroxyl groups excluding tert-OH is 1. The highest BCUT2D eigenvalue weighted by Crippen LogP contribution is 2.45. The zero-order valence-electron chi connectivity index (χ0n) is 18.4. The number of rotatable bonds is 5. The lowest BCUT2D eigenvalue weighted by Crippen LogP contribution is -2.45. The standard InChI is InChI=1S/C23H29N7O2/c1-16-3-5-19(17(16)2)29-12-9-23(22(29)32)7-10-28(11-8-23)14-20(31)18-4-6-21(24-13-18)30-15-25-26-27-30/h4,6,13,15,20,31H,1,3,5,7-12,14H2,2H3/t20-/m0/s1. The van der Waals surface area contributed by atoms with E-state index < -0.39 is 6.10 Å². The van der Waals surface area contributed by atoms with Gasteiger partial charge in [-0.25, -0.2) is 4.98 Å². The largest absolute Gasteiger partial charge is 0.387 e. The molecule has 0 radical (unpaired) electrons.